The van der Waals surface area contributed by atoms with E-state index in [1.54, 1.807) is 9.47 Å². The van der Waals surface area contributed by atoms with Crippen LogP contribution in [0.15, 0.2) is 36.5 Å². The van der Waals surface area contributed by atoms with Crippen molar-refractivity contribution in [3.63, 3.8) is 0 Å². The van der Waals surface area contributed by atoms with Crippen molar-refractivity contribution in [1.29, 1.82) is 0 Å². The lowest BCUT2D eigenvalue weighted by atomic mass is 9.99. The van der Waals surface area contributed by atoms with Gasteiger partial charge < -0.3 is 19.3 Å². The van der Waals surface area contributed by atoms with E-state index in [0.717, 1.165) is 59.4 Å². The molecule has 3 heterocycles. The fourth-order valence-corrected chi connectivity index (χ4v) is 4.99. The number of aryl methyl sites for hydroxylation is 1. The van der Waals surface area contributed by atoms with Gasteiger partial charge in [-0.25, -0.2) is 19.1 Å². The van der Waals surface area contributed by atoms with Crippen LogP contribution in [0.25, 0.3) is 22.2 Å². The number of pyridine rings is 1. The number of ether oxygens (including phenoxy) is 2. The van der Waals surface area contributed by atoms with Gasteiger partial charge in [-0.2, -0.15) is 0 Å². The third-order valence-corrected chi connectivity index (χ3v) is 7.04. The average Bonchev–Trinajstić information content (AvgIpc) is 3.65. The Balaban J connectivity index is 1.37. The Kier molecular flexibility index (Phi) is 6.85. The van der Waals surface area contributed by atoms with Crippen LogP contribution < -0.4 is 4.90 Å². The van der Waals surface area contributed by atoms with Crippen LogP contribution in [0.2, 0.25) is 0 Å². The van der Waals surface area contributed by atoms with E-state index < -0.39 is 17.3 Å². The van der Waals surface area contributed by atoms with Crippen LogP contribution >= 0.6 is 0 Å². The molecule has 39 heavy (non-hydrogen) atoms. The Morgan fingerprint density at radius 1 is 0.872 bits per heavy atom. The molecule has 0 N–H and O–H groups in total. The van der Waals surface area contributed by atoms with Crippen LogP contribution in [0.5, 0.6) is 0 Å². The Labute approximate surface area is 230 Å². The summed E-state index contributed by atoms with van der Waals surface area (Å²) in [5, 5.41) is 0.961. The first-order valence-electron chi connectivity index (χ1n) is 13.9. The van der Waals surface area contributed by atoms with Gasteiger partial charge in [0.15, 0.2) is 0 Å². The molecular formula is C31H40N4O4. The summed E-state index contributed by atoms with van der Waals surface area (Å²) in [6, 6.07) is 10.8. The van der Waals surface area contributed by atoms with E-state index in [0.29, 0.717) is 24.7 Å². The molecule has 3 aromatic rings. The highest BCUT2D eigenvalue weighted by molar-refractivity contribution is 5.92. The number of amides is 1. The van der Waals surface area contributed by atoms with Gasteiger partial charge in [0, 0.05) is 54.9 Å². The molecule has 1 aliphatic carbocycles. The van der Waals surface area contributed by atoms with Gasteiger partial charge in [0.1, 0.15) is 16.8 Å². The summed E-state index contributed by atoms with van der Waals surface area (Å²) in [7, 11) is 0. The van der Waals surface area contributed by atoms with Crippen molar-refractivity contribution in [2.24, 2.45) is 0 Å². The molecular weight excluding hydrogens is 492 g/mol. The molecule has 1 saturated heterocycles. The minimum absolute atomic E-state index is 0.246. The van der Waals surface area contributed by atoms with Crippen LogP contribution in [-0.4, -0.2) is 64.0 Å². The zero-order valence-electron chi connectivity index (χ0n) is 24.2. The van der Waals surface area contributed by atoms with Crippen molar-refractivity contribution in [1.82, 2.24) is 14.5 Å². The van der Waals surface area contributed by atoms with Crippen LogP contribution in [0.4, 0.5) is 15.3 Å². The average molecular weight is 533 g/mol. The van der Waals surface area contributed by atoms with E-state index in [1.165, 1.54) is 0 Å². The Hall–Kier alpha value is -3.55. The predicted octanol–water partition coefficient (Wildman–Crippen LogP) is 6.73. The van der Waals surface area contributed by atoms with Crippen molar-refractivity contribution in [3.8, 4) is 11.1 Å². The summed E-state index contributed by atoms with van der Waals surface area (Å²) in [6.45, 7) is 16.1. The SMILES string of the molecule is Cc1cn(C(=O)OC(C)(C)C)c2nc(C3CC3)c(-c3ccc(N4CCN(C(=O)OC(C)(C)C)CC4)cc3)cc12. The molecule has 0 unspecified atom stereocenters. The summed E-state index contributed by atoms with van der Waals surface area (Å²) in [6.07, 6.45) is 3.39. The summed E-state index contributed by atoms with van der Waals surface area (Å²) < 4.78 is 12.7. The topological polar surface area (TPSA) is 76.9 Å². The molecule has 0 atom stereocenters. The first kappa shape index (κ1) is 27.0. The molecule has 8 nitrogen and oxygen atoms in total. The second-order valence-electron chi connectivity index (χ2n) is 12.7. The van der Waals surface area contributed by atoms with Crippen LogP contribution in [0, 0.1) is 6.92 Å². The van der Waals surface area contributed by atoms with E-state index in [2.05, 4.69) is 35.2 Å². The van der Waals surface area contributed by atoms with E-state index in [9.17, 15) is 9.59 Å². The lowest BCUT2D eigenvalue weighted by Crippen LogP contribution is -2.50. The second-order valence-corrected chi connectivity index (χ2v) is 12.7. The quantitative estimate of drug-likeness (QED) is 0.372. The van der Waals surface area contributed by atoms with Crippen molar-refractivity contribution in [2.75, 3.05) is 31.1 Å². The molecule has 2 aliphatic rings. The Morgan fingerprint density at radius 2 is 1.46 bits per heavy atom. The lowest BCUT2D eigenvalue weighted by molar-refractivity contribution is 0.0240. The Bertz CT molecular complexity index is 1380. The van der Waals surface area contributed by atoms with Crippen molar-refractivity contribution in [2.45, 2.75) is 78.4 Å². The number of hydrogen-bond donors (Lipinski definition) is 0. The summed E-state index contributed by atoms with van der Waals surface area (Å²) in [5.41, 5.74) is 5.01. The number of rotatable bonds is 3. The summed E-state index contributed by atoms with van der Waals surface area (Å²) >= 11 is 0. The molecule has 1 aromatic carbocycles. The lowest BCUT2D eigenvalue weighted by Gasteiger charge is -2.36. The highest BCUT2D eigenvalue weighted by Gasteiger charge is 2.31. The van der Waals surface area contributed by atoms with E-state index >= 15 is 0 Å². The number of anilines is 1. The molecule has 1 aliphatic heterocycles. The first-order chi connectivity index (χ1) is 18.3. The number of benzene rings is 1. The monoisotopic (exact) mass is 532 g/mol. The van der Waals surface area contributed by atoms with Gasteiger partial charge in [-0.05, 0) is 90.6 Å². The largest absolute Gasteiger partial charge is 0.444 e. The maximum Gasteiger partial charge on any atom is 0.420 e. The number of piperazine rings is 1. The van der Waals surface area contributed by atoms with Crippen LogP contribution in [0.3, 0.4) is 0 Å². The van der Waals surface area contributed by atoms with Gasteiger partial charge in [0.25, 0.3) is 0 Å². The number of hydrogen-bond acceptors (Lipinski definition) is 6. The molecule has 0 radical (unpaired) electrons. The number of aromatic nitrogens is 2. The van der Waals surface area contributed by atoms with E-state index in [-0.39, 0.29) is 6.09 Å². The van der Waals surface area contributed by atoms with Gasteiger partial charge in [-0.3, -0.25) is 0 Å². The summed E-state index contributed by atoms with van der Waals surface area (Å²) in [4.78, 5) is 34.5. The molecule has 0 bridgehead atoms. The van der Waals surface area contributed by atoms with Gasteiger partial charge in [0.2, 0.25) is 0 Å². The molecule has 1 saturated carbocycles. The normalized spacial score (nSPS) is 16.5. The second kappa shape index (κ2) is 9.88. The van der Waals surface area contributed by atoms with Gasteiger partial charge in [0.05, 0.1) is 5.69 Å². The standard InChI is InChI=1S/C31H40N4O4/c1-20-19-35(29(37)39-31(5,6)7)27-24(20)18-25(26(32-27)22-8-9-22)21-10-12-23(13-11-21)33-14-16-34(17-15-33)28(36)38-30(2,3)4/h10-13,18-19,22H,8-9,14-17H2,1-7H3. The van der Waals surface area contributed by atoms with E-state index in [1.807, 2.05) is 54.7 Å². The molecule has 2 aromatic heterocycles. The van der Waals surface area contributed by atoms with Crippen LogP contribution in [0.1, 0.15) is 71.6 Å². The number of nitrogens with zero attached hydrogens (tertiary/aromatic N) is 4. The Morgan fingerprint density at radius 3 is 2.03 bits per heavy atom. The van der Waals surface area contributed by atoms with Crippen molar-refractivity contribution in [3.05, 3.63) is 47.8 Å². The summed E-state index contributed by atoms with van der Waals surface area (Å²) in [5.74, 6) is 0.410. The maximum atomic E-state index is 12.9. The minimum atomic E-state index is -0.578. The highest BCUT2D eigenvalue weighted by Crippen LogP contribution is 2.45. The fourth-order valence-electron chi connectivity index (χ4n) is 4.99. The maximum absolute atomic E-state index is 12.9. The zero-order chi connectivity index (χ0) is 28.1. The molecule has 208 valence electrons. The third kappa shape index (κ3) is 6.05. The molecule has 5 rings (SSSR count). The number of carbonyl (C=O) groups is 2. The predicted molar refractivity (Wildman–Crippen MR) is 154 cm³/mol. The van der Waals surface area contributed by atoms with Gasteiger partial charge in [-0.15, -0.1) is 0 Å². The van der Waals surface area contributed by atoms with Crippen molar-refractivity contribution < 1.29 is 19.1 Å². The number of fused-ring (bicyclic) bond motifs is 1. The number of carbonyl (C=O) groups excluding carboxylic acids is 2. The minimum Gasteiger partial charge on any atom is -0.444 e. The zero-order valence-corrected chi connectivity index (χ0v) is 24.2. The smallest absolute Gasteiger partial charge is 0.420 e. The van der Waals surface area contributed by atoms with Gasteiger partial charge in [-0.1, -0.05) is 12.1 Å². The fraction of sp³-hybridized carbons (Fsp3) is 0.516. The van der Waals surface area contributed by atoms with Crippen molar-refractivity contribution >= 4 is 28.9 Å². The van der Waals surface area contributed by atoms with E-state index in [4.69, 9.17) is 14.5 Å². The van der Waals surface area contributed by atoms with Crippen LogP contribution in [-0.2, 0) is 9.47 Å². The third-order valence-electron chi connectivity index (χ3n) is 7.04. The first-order valence-corrected chi connectivity index (χ1v) is 13.9. The molecule has 1 amide bonds. The molecule has 0 spiro atoms. The molecule has 2 fully saturated rings. The van der Waals surface area contributed by atoms with Gasteiger partial charge >= 0.3 is 12.2 Å². The highest BCUT2D eigenvalue weighted by atomic mass is 16.6. The molecule has 8 heteroatoms.